The standard InChI is InChI=1S/C7H12N2O2.C7H11NO3.2C7H11NO2.C6H11N3.C6H14N2O3S.C6H13NO3S.CH4/c1-7(2,3)9-4-5(10)8-6(9)11;1-7(2,3)4-5(9)8-6(10)11-4;1-7(2,3)5-4-6(9)8-10-5;1-7(2,3)5-4-6(9)10-8-5;1-6(2,3)5-4-7-9-8-5;1-6(2,3)7-5(9)8-12(4,10)11;1-6(2,3)5(8)7-11(4,9)10;/h4H2,1-3H3,(H,8,10,11);4H,1-3H3,(H,8,9,10);4H,1-3H3,(H,8,9);4H2,1-3H3;4H2,1-3H3;1-4H3,(H2,7,8,9);1-4H3,(H,7,8);1H4. The Morgan fingerprint density at radius 3 is 1.39 bits per heavy atom. The number of urea groups is 2. The number of imide groups is 2. The van der Waals surface area contributed by atoms with Crippen molar-refractivity contribution in [3.63, 3.8) is 0 Å². The zero-order valence-electron chi connectivity index (χ0n) is 47.5. The number of sulfonamides is 2. The van der Waals surface area contributed by atoms with Crippen molar-refractivity contribution in [3.8, 4) is 0 Å². The van der Waals surface area contributed by atoms with Crippen molar-refractivity contribution in [2.75, 3.05) is 25.6 Å². The van der Waals surface area contributed by atoms with Gasteiger partial charge in [-0.05, 0) is 46.8 Å². The molecule has 0 aliphatic carbocycles. The van der Waals surface area contributed by atoms with Gasteiger partial charge in [-0.15, -0.1) is 5.10 Å². The average Bonchev–Trinajstić information content (AvgIpc) is 3.98. The molecular weight excluding hydrogens is 1020 g/mol. The summed E-state index contributed by atoms with van der Waals surface area (Å²) in [6.45, 7) is 40.6. The number of nitrogens with one attached hydrogen (secondary N) is 6. The van der Waals surface area contributed by atoms with E-state index in [1.165, 1.54) is 11.0 Å². The normalized spacial score (nSPS) is 16.5. The highest BCUT2D eigenvalue weighted by molar-refractivity contribution is 7.89. The first-order chi connectivity index (χ1) is 32.7. The summed E-state index contributed by atoms with van der Waals surface area (Å²) in [5.41, 5.74) is 0.0593. The number of oxime groups is 1. The maximum Gasteiger partial charge on any atom is 0.414 e. The van der Waals surface area contributed by atoms with Crippen LogP contribution >= 0.6 is 0 Å². The lowest BCUT2D eigenvalue weighted by molar-refractivity contribution is -0.140. The summed E-state index contributed by atoms with van der Waals surface area (Å²) in [7, 11) is -6.86. The molecule has 432 valence electrons. The second kappa shape index (κ2) is 28.2. The number of nitrogens with zero attached hydrogens (tertiary/aromatic N) is 5. The summed E-state index contributed by atoms with van der Waals surface area (Å²) in [5.74, 6) is -0.602. The smallest absolute Gasteiger partial charge is 0.414 e. The van der Waals surface area contributed by atoms with Crippen molar-refractivity contribution < 1.29 is 64.5 Å². The number of rotatable bonds is 2. The van der Waals surface area contributed by atoms with Crippen LogP contribution in [0.4, 0.5) is 14.4 Å². The highest BCUT2D eigenvalue weighted by atomic mass is 32.2. The fourth-order valence-corrected chi connectivity index (χ4v) is 5.76. The minimum atomic E-state index is -3.46. The fourth-order valence-electron chi connectivity index (χ4n) is 4.73. The number of cyclic esters (lactones) is 1. The van der Waals surface area contributed by atoms with Gasteiger partial charge in [0.1, 0.15) is 18.8 Å². The molecule has 4 aliphatic heterocycles. The summed E-state index contributed by atoms with van der Waals surface area (Å²) in [5, 5.41) is 23.8. The molecule has 8 amide bonds. The van der Waals surface area contributed by atoms with E-state index in [1.54, 1.807) is 46.3 Å². The number of carbonyl (C=O) groups excluding carboxylic acids is 7. The third kappa shape index (κ3) is 33.5. The van der Waals surface area contributed by atoms with Crippen molar-refractivity contribution >= 4 is 73.3 Å². The number of alkyl carbamates (subject to hydrolysis) is 1. The first kappa shape index (κ1) is 73.2. The van der Waals surface area contributed by atoms with Crippen LogP contribution in [-0.4, -0.2) is 123 Å². The summed E-state index contributed by atoms with van der Waals surface area (Å²) < 4.78 is 55.5. The van der Waals surface area contributed by atoms with Crippen molar-refractivity contribution in [1.82, 2.24) is 35.5 Å². The van der Waals surface area contributed by atoms with Crippen molar-refractivity contribution in [1.29, 1.82) is 0 Å². The molecule has 0 radical (unpaired) electrons. The minimum absolute atomic E-state index is 0. The lowest BCUT2D eigenvalue weighted by Crippen LogP contribution is -2.47. The van der Waals surface area contributed by atoms with Gasteiger partial charge in [0.2, 0.25) is 31.9 Å². The molecular formula is C47H87N11O15S2. The van der Waals surface area contributed by atoms with Gasteiger partial charge in [0.15, 0.2) is 6.10 Å². The monoisotopic (exact) mass is 1110 g/mol. The number of H-pyrrole nitrogens is 1. The van der Waals surface area contributed by atoms with Gasteiger partial charge in [0, 0.05) is 44.2 Å². The Morgan fingerprint density at radius 2 is 1.20 bits per heavy atom. The number of aromatic nitrogens is 1. The Hall–Kier alpha value is -6.06. The van der Waals surface area contributed by atoms with Crippen LogP contribution in [0.15, 0.2) is 36.0 Å². The van der Waals surface area contributed by atoms with Crippen molar-refractivity contribution in [2.24, 2.45) is 42.3 Å². The van der Waals surface area contributed by atoms with Gasteiger partial charge in [-0.25, -0.2) is 40.7 Å². The molecule has 1 atom stereocenters. The van der Waals surface area contributed by atoms with Gasteiger partial charge in [-0.3, -0.25) is 34.5 Å². The quantitative estimate of drug-likeness (QED) is 0.141. The minimum Gasteiger partial charge on any atom is -0.435 e. The first-order valence-electron chi connectivity index (χ1n) is 23.0. The number of aromatic amines is 1. The Labute approximate surface area is 443 Å². The number of hydrogen-bond acceptors (Lipinski definition) is 19. The molecule has 0 saturated carbocycles. The largest absolute Gasteiger partial charge is 0.435 e. The van der Waals surface area contributed by atoms with Crippen molar-refractivity contribution in [2.45, 2.75) is 182 Å². The van der Waals surface area contributed by atoms with Crippen LogP contribution < -0.4 is 31.0 Å². The van der Waals surface area contributed by atoms with Crippen LogP contribution in [0.2, 0.25) is 0 Å². The van der Waals surface area contributed by atoms with Gasteiger partial charge in [-0.1, -0.05) is 116 Å². The number of hydrogen-bond donors (Lipinski definition) is 6. The van der Waals surface area contributed by atoms with E-state index in [0.29, 0.717) is 18.7 Å². The maximum absolute atomic E-state index is 11.0. The SMILES string of the molecule is C.CC(C)(C)C(=O)NS(C)(=O)=O.CC(C)(C)C1=NN=NC1.CC(C)(C)C1=NOC(=O)C1.CC(C)(C)C1OC(=O)NC1=O.CC(C)(C)N1CC(=O)NC1=O.CC(C)(C)NC(=O)NS(C)(=O)=O.CC(C)(C)c1cc(=O)[nH]o1. The van der Waals surface area contributed by atoms with E-state index >= 15 is 0 Å². The molecule has 2 fully saturated rings. The molecule has 5 heterocycles. The molecule has 0 spiro atoms. The molecule has 1 aromatic heterocycles. The van der Waals surface area contributed by atoms with Gasteiger partial charge >= 0.3 is 24.1 Å². The first-order valence-corrected chi connectivity index (χ1v) is 26.8. The average molecular weight is 1110 g/mol. The van der Waals surface area contributed by atoms with E-state index in [0.717, 1.165) is 23.9 Å². The highest BCUT2D eigenvalue weighted by Crippen LogP contribution is 2.25. The summed E-state index contributed by atoms with van der Waals surface area (Å²) in [4.78, 5) is 92.3. The molecule has 2 saturated heterocycles. The van der Waals surface area contributed by atoms with Crippen LogP contribution in [0.1, 0.15) is 165 Å². The van der Waals surface area contributed by atoms with Crippen LogP contribution in [0.25, 0.3) is 0 Å². The van der Waals surface area contributed by atoms with E-state index in [2.05, 4.69) is 67.3 Å². The molecule has 75 heavy (non-hydrogen) atoms. The Morgan fingerprint density at radius 1 is 0.707 bits per heavy atom. The molecule has 4 aliphatic rings. The molecule has 28 heteroatoms. The number of amides is 8. The molecule has 0 aromatic carbocycles. The summed E-state index contributed by atoms with van der Waals surface area (Å²) in [6.07, 6.45) is 0.944. The third-order valence-electron chi connectivity index (χ3n) is 8.82. The molecule has 1 aromatic rings. The molecule has 0 bridgehead atoms. The summed E-state index contributed by atoms with van der Waals surface area (Å²) in [6, 6.07) is 0.479. The zero-order valence-corrected chi connectivity index (χ0v) is 49.1. The van der Waals surface area contributed by atoms with Crippen LogP contribution in [0.3, 0.4) is 0 Å². The Bertz CT molecular complexity index is 2470. The van der Waals surface area contributed by atoms with E-state index < -0.39 is 55.1 Å². The lowest BCUT2D eigenvalue weighted by atomic mass is 9.88. The molecule has 26 nitrogen and oxygen atoms in total. The second-order valence-corrected chi connectivity index (χ2v) is 27.7. The van der Waals surface area contributed by atoms with E-state index in [1.807, 2.05) is 87.8 Å². The van der Waals surface area contributed by atoms with E-state index in [-0.39, 0.29) is 70.5 Å². The topological polar surface area (TPSA) is 365 Å². The maximum atomic E-state index is 11.0. The fraction of sp³-hybridized carbons (Fsp3) is 0.745. The third-order valence-corrected chi connectivity index (χ3v) is 9.93. The Balaban J connectivity index is -0.000000805. The van der Waals surface area contributed by atoms with Gasteiger partial charge < -0.3 is 24.3 Å². The van der Waals surface area contributed by atoms with E-state index in [4.69, 9.17) is 9.26 Å². The lowest BCUT2D eigenvalue weighted by Gasteiger charge is -2.29. The summed E-state index contributed by atoms with van der Waals surface area (Å²) >= 11 is 0. The van der Waals surface area contributed by atoms with Crippen LogP contribution in [0, 0.1) is 21.7 Å². The molecule has 5 rings (SSSR count). The predicted octanol–water partition coefficient (Wildman–Crippen LogP) is 6.25. The second-order valence-electron chi connectivity index (χ2n) is 24.2. The van der Waals surface area contributed by atoms with Gasteiger partial charge in [0.05, 0.1) is 30.4 Å². The Kier molecular flexibility index (Phi) is 27.5. The molecule has 6 N–H and O–H groups in total. The van der Waals surface area contributed by atoms with Gasteiger partial charge in [0.25, 0.3) is 11.5 Å². The number of ether oxygens (including phenoxy) is 1. The van der Waals surface area contributed by atoms with Crippen LogP contribution in [-0.2, 0) is 54.2 Å². The van der Waals surface area contributed by atoms with E-state index in [9.17, 15) is 55.2 Å². The van der Waals surface area contributed by atoms with Crippen LogP contribution in [0.5, 0.6) is 0 Å². The number of carbonyl (C=O) groups is 7. The van der Waals surface area contributed by atoms with Gasteiger partial charge in [-0.2, -0.15) is 10.3 Å². The van der Waals surface area contributed by atoms with Crippen molar-refractivity contribution in [3.05, 3.63) is 22.2 Å². The highest BCUT2D eigenvalue weighted by Gasteiger charge is 2.41. The molecule has 1 unspecified atom stereocenters. The predicted molar refractivity (Wildman–Crippen MR) is 286 cm³/mol. The zero-order chi connectivity index (χ0) is 59.0.